The van der Waals surface area contributed by atoms with Crippen LogP contribution in [0.3, 0.4) is 0 Å². The molecule has 0 aliphatic rings. The van der Waals surface area contributed by atoms with E-state index in [1.165, 1.54) is 0 Å². The maximum atomic E-state index is 10.8. The number of aliphatic hydroxyl groups is 1. The van der Waals surface area contributed by atoms with Crippen LogP contribution in [0.25, 0.3) is 0 Å². The quantitative estimate of drug-likeness (QED) is 0.438. The van der Waals surface area contributed by atoms with Crippen molar-refractivity contribution in [2.45, 2.75) is 6.92 Å². The third-order valence-corrected chi connectivity index (χ3v) is 1.02. The summed E-state index contributed by atoms with van der Waals surface area (Å²) in [5.74, 6) is 0. The molecule has 0 spiro atoms. The molecule has 0 aromatic carbocycles. The van der Waals surface area contributed by atoms with Gasteiger partial charge >= 0.3 is 6.03 Å². The second-order valence-electron chi connectivity index (χ2n) is 1.75. The fraction of sp³-hybridized carbons (Fsp3) is 0.800. The summed E-state index contributed by atoms with van der Waals surface area (Å²) in [4.78, 5) is 20.7. The summed E-state index contributed by atoms with van der Waals surface area (Å²) in [6.45, 7) is 1.83. The van der Waals surface area contributed by atoms with Crippen LogP contribution in [0.5, 0.6) is 0 Å². The molecule has 0 aromatic rings. The number of aliphatic hydroxyl groups excluding tert-OH is 1. The van der Waals surface area contributed by atoms with Gasteiger partial charge in [-0.2, -0.15) is 5.01 Å². The fourth-order valence-corrected chi connectivity index (χ4v) is 0.493. The first kappa shape index (κ1) is 9.83. The Bertz CT molecular complexity index is 139. The van der Waals surface area contributed by atoms with Gasteiger partial charge in [0.2, 0.25) is 0 Å². The Kier molecular flexibility index (Phi) is 5.01. The van der Waals surface area contributed by atoms with Gasteiger partial charge in [0.15, 0.2) is 0 Å². The Hall–Kier alpha value is -1.17. The lowest BCUT2D eigenvalue weighted by Crippen LogP contribution is -2.37. The van der Waals surface area contributed by atoms with Crippen molar-refractivity contribution in [3.63, 3.8) is 0 Å². The summed E-state index contributed by atoms with van der Waals surface area (Å²) >= 11 is 0. The zero-order valence-electron chi connectivity index (χ0n) is 6.28. The minimum Gasteiger partial charge on any atom is -0.395 e. The number of nitrogens with one attached hydrogen (secondary N) is 1. The molecule has 0 aliphatic heterocycles. The normalized spacial score (nSPS) is 8.91. The number of carbonyl (C=O) groups excluding carboxylic acids is 1. The van der Waals surface area contributed by atoms with Gasteiger partial charge < -0.3 is 10.4 Å². The van der Waals surface area contributed by atoms with E-state index in [1.54, 1.807) is 6.92 Å². The smallest absolute Gasteiger partial charge is 0.340 e. The van der Waals surface area contributed by atoms with Gasteiger partial charge in [0.1, 0.15) is 0 Å². The lowest BCUT2D eigenvalue weighted by atomic mass is 10.6. The summed E-state index contributed by atoms with van der Waals surface area (Å²) < 4.78 is 0. The highest BCUT2D eigenvalue weighted by Gasteiger charge is 2.09. The molecule has 0 unspecified atom stereocenters. The van der Waals surface area contributed by atoms with Gasteiger partial charge in [-0.3, -0.25) is 0 Å². The molecule has 0 saturated carbocycles. The van der Waals surface area contributed by atoms with Crippen LogP contribution < -0.4 is 5.32 Å². The number of urea groups is 1. The Balaban J connectivity index is 3.69. The monoisotopic (exact) mass is 161 g/mol. The maximum Gasteiger partial charge on any atom is 0.340 e. The molecular weight excluding hydrogens is 150 g/mol. The van der Waals surface area contributed by atoms with Gasteiger partial charge in [-0.15, -0.1) is 4.91 Å². The Morgan fingerprint density at radius 1 is 1.73 bits per heavy atom. The second-order valence-corrected chi connectivity index (χ2v) is 1.75. The topological polar surface area (TPSA) is 82.0 Å². The molecule has 6 nitrogen and oxygen atoms in total. The van der Waals surface area contributed by atoms with Crippen LogP contribution >= 0.6 is 0 Å². The van der Waals surface area contributed by atoms with E-state index in [9.17, 15) is 9.70 Å². The predicted molar refractivity (Wildman–Crippen MR) is 38.7 cm³/mol. The summed E-state index contributed by atoms with van der Waals surface area (Å²) in [6, 6.07) is -0.587. The first-order chi connectivity index (χ1) is 5.26. The van der Waals surface area contributed by atoms with Crippen LogP contribution in [0.4, 0.5) is 4.79 Å². The van der Waals surface area contributed by atoms with E-state index >= 15 is 0 Å². The van der Waals surface area contributed by atoms with Gasteiger partial charge in [0, 0.05) is 13.1 Å². The summed E-state index contributed by atoms with van der Waals surface area (Å²) in [5.41, 5.74) is 0. The summed E-state index contributed by atoms with van der Waals surface area (Å²) in [5, 5.41) is 13.8. The van der Waals surface area contributed by atoms with E-state index in [0.717, 1.165) is 5.01 Å². The van der Waals surface area contributed by atoms with Crippen LogP contribution in [0.15, 0.2) is 5.29 Å². The first-order valence-electron chi connectivity index (χ1n) is 3.25. The molecule has 0 rings (SSSR count). The molecule has 0 fully saturated rings. The molecule has 0 bridgehead atoms. The first-order valence-corrected chi connectivity index (χ1v) is 3.25. The SMILES string of the molecule is CCN(N=O)C(=O)NCCO. The van der Waals surface area contributed by atoms with Gasteiger partial charge in [-0.05, 0) is 6.92 Å². The Morgan fingerprint density at radius 2 is 2.36 bits per heavy atom. The van der Waals surface area contributed by atoms with Gasteiger partial charge in [0.05, 0.1) is 11.9 Å². The molecule has 0 saturated heterocycles. The highest BCUT2D eigenvalue weighted by molar-refractivity contribution is 5.73. The number of nitroso groups, excluding NO2 is 1. The van der Waals surface area contributed by atoms with Crippen LogP contribution in [-0.2, 0) is 0 Å². The lowest BCUT2D eigenvalue weighted by molar-refractivity contribution is 0.197. The predicted octanol–water partition coefficient (Wildman–Crippen LogP) is -0.308. The second kappa shape index (κ2) is 5.60. The zero-order chi connectivity index (χ0) is 8.69. The molecule has 11 heavy (non-hydrogen) atoms. The van der Waals surface area contributed by atoms with Crippen molar-refractivity contribution in [2.75, 3.05) is 19.7 Å². The Morgan fingerprint density at radius 3 is 2.73 bits per heavy atom. The summed E-state index contributed by atoms with van der Waals surface area (Å²) in [6.07, 6.45) is 0. The highest BCUT2D eigenvalue weighted by Crippen LogP contribution is 1.87. The number of hydrogen-bond donors (Lipinski definition) is 2. The van der Waals surface area contributed by atoms with Gasteiger partial charge in [-0.25, -0.2) is 4.79 Å². The van der Waals surface area contributed by atoms with E-state index in [0.29, 0.717) is 0 Å². The van der Waals surface area contributed by atoms with Crippen LogP contribution in [0.1, 0.15) is 6.92 Å². The minimum atomic E-state index is -0.587. The third kappa shape index (κ3) is 3.51. The van der Waals surface area contributed by atoms with Crippen molar-refractivity contribution in [1.29, 1.82) is 0 Å². The molecule has 2 amide bonds. The lowest BCUT2D eigenvalue weighted by Gasteiger charge is -2.10. The van der Waals surface area contributed by atoms with E-state index < -0.39 is 6.03 Å². The summed E-state index contributed by atoms with van der Waals surface area (Å²) in [7, 11) is 0. The highest BCUT2D eigenvalue weighted by atomic mass is 16.3. The standard InChI is InChI=1S/C5H11N3O3/c1-2-8(7-11)5(10)6-3-4-9/h9H,2-4H2,1H3,(H,6,10). The van der Waals surface area contributed by atoms with Gasteiger partial charge in [-0.1, -0.05) is 0 Å². The molecule has 0 aromatic heterocycles. The van der Waals surface area contributed by atoms with E-state index in [4.69, 9.17) is 5.11 Å². The molecule has 0 heterocycles. The number of rotatable bonds is 4. The molecule has 64 valence electrons. The van der Waals surface area contributed by atoms with Crippen molar-refractivity contribution in [2.24, 2.45) is 5.29 Å². The Labute approximate surface area is 64.1 Å². The van der Waals surface area contributed by atoms with E-state index in [1.807, 2.05) is 0 Å². The van der Waals surface area contributed by atoms with Crippen molar-refractivity contribution in [3.8, 4) is 0 Å². The van der Waals surface area contributed by atoms with Crippen LogP contribution in [0.2, 0.25) is 0 Å². The number of carbonyl (C=O) groups is 1. The molecule has 0 atom stereocenters. The van der Waals surface area contributed by atoms with Gasteiger partial charge in [0.25, 0.3) is 0 Å². The molecule has 6 heteroatoms. The average molecular weight is 161 g/mol. The average Bonchev–Trinajstić information content (AvgIpc) is 2.03. The third-order valence-electron chi connectivity index (χ3n) is 1.02. The maximum absolute atomic E-state index is 10.8. The van der Waals surface area contributed by atoms with Crippen molar-refractivity contribution >= 4 is 6.03 Å². The van der Waals surface area contributed by atoms with E-state index in [-0.39, 0.29) is 19.7 Å². The van der Waals surface area contributed by atoms with Crippen LogP contribution in [-0.4, -0.2) is 35.8 Å². The minimum absolute atomic E-state index is 0.130. The molecule has 0 radical (unpaired) electrons. The molecule has 0 aliphatic carbocycles. The van der Waals surface area contributed by atoms with Crippen molar-refractivity contribution in [1.82, 2.24) is 10.3 Å². The zero-order valence-corrected chi connectivity index (χ0v) is 6.28. The van der Waals surface area contributed by atoms with Crippen molar-refractivity contribution < 1.29 is 9.90 Å². The fourth-order valence-electron chi connectivity index (χ4n) is 0.493. The number of amides is 2. The number of nitrogens with zero attached hydrogens (tertiary/aromatic N) is 2. The number of hydrogen-bond acceptors (Lipinski definition) is 4. The largest absolute Gasteiger partial charge is 0.395 e. The molecule has 2 N–H and O–H groups in total. The molecular formula is C5H11N3O3. The van der Waals surface area contributed by atoms with E-state index in [2.05, 4.69) is 10.6 Å². The van der Waals surface area contributed by atoms with Crippen molar-refractivity contribution in [3.05, 3.63) is 4.91 Å². The van der Waals surface area contributed by atoms with Crippen LogP contribution in [0, 0.1) is 4.91 Å².